The Kier molecular flexibility index (Phi) is 12.0. The largest absolute Gasteiger partial charge is 0.748 e. The van der Waals surface area contributed by atoms with Crippen molar-refractivity contribution in [2.45, 2.75) is 87.9 Å². The Morgan fingerprint density at radius 1 is 0.508 bits per heavy atom. The average Bonchev–Trinajstić information content (AvgIpc) is 3.96. The van der Waals surface area contributed by atoms with Crippen LogP contribution in [0.1, 0.15) is 75.3 Å². The Bertz CT molecular complexity index is 2080. The van der Waals surface area contributed by atoms with Crippen molar-refractivity contribution in [3.63, 3.8) is 0 Å². The van der Waals surface area contributed by atoms with Gasteiger partial charge in [-0.3, -0.25) is 9.97 Å². The van der Waals surface area contributed by atoms with Gasteiger partial charge in [0.25, 0.3) is 0 Å². The predicted molar refractivity (Wildman–Crippen MR) is 246 cm³/mol. The molecule has 0 N–H and O–H groups in total. The summed E-state index contributed by atoms with van der Waals surface area (Å²) in [4.78, 5) is 10.1. The molecule has 5 heteroatoms. The zero-order valence-electron chi connectivity index (χ0n) is 34.3. The van der Waals surface area contributed by atoms with E-state index in [1.807, 2.05) is 42.7 Å². The van der Waals surface area contributed by atoms with Crippen LogP contribution >= 0.6 is 15.8 Å². The van der Waals surface area contributed by atoms with E-state index in [0.29, 0.717) is 0 Å². The van der Waals surface area contributed by atoms with E-state index >= 15 is 0 Å². The molecule has 4 aromatic carbocycles. The maximum atomic E-state index is 5.03. The molecule has 6 aromatic rings. The van der Waals surface area contributed by atoms with E-state index in [-0.39, 0.29) is 25.0 Å². The normalized spacial score (nSPS) is 30.1. The van der Waals surface area contributed by atoms with E-state index in [4.69, 9.17) is 9.97 Å². The first-order valence-corrected chi connectivity index (χ1v) is 25.8. The van der Waals surface area contributed by atoms with Crippen molar-refractivity contribution in [1.82, 2.24) is 9.97 Å². The van der Waals surface area contributed by atoms with Gasteiger partial charge in [0.15, 0.2) is 0 Å². The Labute approximate surface area is 366 Å². The molecule has 59 heavy (non-hydrogen) atoms. The number of rotatable bonds is 10. The molecule has 0 saturated heterocycles. The second-order valence-electron chi connectivity index (χ2n) is 19.1. The molecule has 308 valence electrons. The minimum atomic E-state index is -0.769. The van der Waals surface area contributed by atoms with Crippen LogP contribution in [0.2, 0.25) is 0 Å². The van der Waals surface area contributed by atoms with Gasteiger partial charge in [-0.1, -0.05) is 77.4 Å². The van der Waals surface area contributed by atoms with Gasteiger partial charge in [0, 0.05) is 29.5 Å². The number of pyridine rings is 2. The second kappa shape index (κ2) is 17.7. The van der Waals surface area contributed by atoms with Crippen molar-refractivity contribution in [1.29, 1.82) is 0 Å². The summed E-state index contributed by atoms with van der Waals surface area (Å²) in [6.07, 6.45) is 21.7. The van der Waals surface area contributed by atoms with E-state index in [2.05, 4.69) is 103 Å². The van der Waals surface area contributed by atoms with Crippen LogP contribution in [0.4, 0.5) is 0 Å². The molecular weight excluding hydrogens is 794 g/mol. The topological polar surface area (TPSA) is 25.8 Å². The molecular formula is C54H58FeN2P2-6. The zero-order chi connectivity index (χ0) is 38.4. The van der Waals surface area contributed by atoms with E-state index in [1.165, 1.54) is 39.3 Å². The van der Waals surface area contributed by atoms with E-state index in [1.54, 1.807) is 75.3 Å². The van der Waals surface area contributed by atoms with E-state index in [0.717, 1.165) is 64.8 Å². The van der Waals surface area contributed by atoms with Gasteiger partial charge in [-0.25, -0.2) is 0 Å². The van der Waals surface area contributed by atoms with Gasteiger partial charge >= 0.3 is 0 Å². The Morgan fingerprint density at radius 2 is 0.949 bits per heavy atom. The van der Waals surface area contributed by atoms with Crippen molar-refractivity contribution in [2.75, 3.05) is 0 Å². The summed E-state index contributed by atoms with van der Waals surface area (Å²) in [6.45, 7) is 0. The fraction of sp³-hybridized carbons (Fsp3) is 0.407. The number of benzene rings is 2. The first-order chi connectivity index (χ1) is 28.7. The molecule has 0 unspecified atom stereocenters. The minimum absolute atomic E-state index is 0. The maximum absolute atomic E-state index is 5.03. The minimum Gasteiger partial charge on any atom is -0.748 e. The van der Waals surface area contributed by atoms with Crippen LogP contribution in [0, 0.1) is 47.3 Å². The molecule has 0 atom stereocenters. The molecule has 2 nitrogen and oxygen atoms in total. The van der Waals surface area contributed by atoms with E-state index < -0.39 is 7.92 Å². The fourth-order valence-electron chi connectivity index (χ4n) is 14.0. The van der Waals surface area contributed by atoms with Crippen molar-refractivity contribution >= 4 is 26.7 Å². The van der Waals surface area contributed by atoms with Crippen LogP contribution in [-0.4, -0.2) is 21.3 Å². The van der Waals surface area contributed by atoms with Gasteiger partial charge in [0.2, 0.25) is 0 Å². The molecule has 8 aliphatic carbocycles. The van der Waals surface area contributed by atoms with Crippen molar-refractivity contribution < 1.29 is 17.1 Å². The molecule has 0 amide bonds. The van der Waals surface area contributed by atoms with Crippen molar-refractivity contribution in [3.05, 3.63) is 157 Å². The summed E-state index contributed by atoms with van der Waals surface area (Å²) in [5.41, 5.74) is 13.3. The van der Waals surface area contributed by atoms with Crippen LogP contribution in [0.15, 0.2) is 146 Å². The zero-order valence-corrected chi connectivity index (χ0v) is 37.2. The third-order valence-electron chi connectivity index (χ3n) is 15.6. The summed E-state index contributed by atoms with van der Waals surface area (Å²) in [7, 11) is -0.941. The molecule has 8 aliphatic rings. The van der Waals surface area contributed by atoms with Crippen molar-refractivity contribution in [2.24, 2.45) is 47.3 Å². The average molecular weight is 853 g/mol. The molecule has 2 heterocycles. The molecule has 0 radical (unpaired) electrons. The van der Waals surface area contributed by atoms with Crippen LogP contribution < -0.4 is 10.9 Å². The molecule has 2 aromatic heterocycles. The summed E-state index contributed by atoms with van der Waals surface area (Å²) >= 11 is 0. The van der Waals surface area contributed by atoms with Gasteiger partial charge in [-0.2, -0.15) is 0 Å². The summed E-state index contributed by atoms with van der Waals surface area (Å²) in [6, 6.07) is 48.6. The van der Waals surface area contributed by atoms with Gasteiger partial charge in [-0.05, 0) is 167 Å². The number of hydrogen-bond donors (Lipinski definition) is 0. The van der Waals surface area contributed by atoms with Crippen LogP contribution in [0.25, 0.3) is 22.3 Å². The first-order valence-electron chi connectivity index (χ1n) is 22.7. The van der Waals surface area contributed by atoms with Crippen LogP contribution in [-0.2, 0) is 29.4 Å². The third-order valence-corrected chi connectivity index (χ3v) is 21.8. The SMILES string of the molecule is [Fe].[cH-]1[cH-][cH-][cH-][cH-]1.c1ccc(-c2c(CP(C3C4CC5CC(C4)CC3C5)C3C4CC5CC(C4)CC3C5)c(CP(c3ccccn3)c3ccccn3)c[c-]2-c2ccccc2)cc1. The summed E-state index contributed by atoms with van der Waals surface area (Å²) in [5, 5.41) is 0. The second-order valence-corrected chi connectivity index (χ2v) is 23.7. The number of aromatic nitrogens is 2. The van der Waals surface area contributed by atoms with E-state index in [9.17, 15) is 0 Å². The van der Waals surface area contributed by atoms with Crippen LogP contribution in [0.3, 0.4) is 0 Å². The molecule has 8 saturated carbocycles. The quantitative estimate of drug-likeness (QED) is 0.0779. The van der Waals surface area contributed by atoms with Gasteiger partial charge in [0.05, 0.1) is 10.9 Å². The Hall–Kier alpha value is -3.18. The Balaban J connectivity index is 0.000000655. The number of nitrogens with zero attached hydrogens (tertiary/aromatic N) is 2. The third kappa shape index (κ3) is 8.05. The first kappa shape index (κ1) is 39.9. The summed E-state index contributed by atoms with van der Waals surface area (Å²) in [5.74, 6) is 8.07. The molecule has 0 aliphatic heterocycles. The van der Waals surface area contributed by atoms with Crippen molar-refractivity contribution in [3.8, 4) is 22.3 Å². The van der Waals surface area contributed by atoms with Gasteiger partial charge < -0.3 is 30.3 Å². The summed E-state index contributed by atoms with van der Waals surface area (Å²) < 4.78 is 0. The molecule has 8 fully saturated rings. The molecule has 0 spiro atoms. The monoisotopic (exact) mass is 852 g/mol. The predicted octanol–water partition coefficient (Wildman–Crippen LogP) is 13.2. The molecule has 8 bridgehead atoms. The smallest absolute Gasteiger partial charge is 0.0689 e. The molecule has 14 rings (SSSR count). The number of hydrogen-bond acceptors (Lipinski definition) is 2. The Morgan fingerprint density at radius 3 is 1.39 bits per heavy atom. The standard InChI is InChI=1S/C49H53N2P2.C5H5.Fe/c1-3-11-36(12-4-1)43-29-42(30-52(45-15-7-9-17-50-45)46-16-8-10-18-51-46)44(47(43)37-13-5-2-6-14-37)31-53(48-38-21-32-19-33(23-38)24-39(48)22-32)49-40-25-34-20-35(27-40)28-41(49)26-34;1-2-4-5-3-1;/h1-18,29,32-35,38-41,48-49H,19-28,30-31H2;1-5H;/q-1;-5;. The fourth-order valence-corrected chi connectivity index (χ4v) is 20.8. The van der Waals surface area contributed by atoms with Crippen LogP contribution in [0.5, 0.6) is 0 Å². The van der Waals surface area contributed by atoms with Gasteiger partial charge in [0.1, 0.15) is 0 Å². The maximum Gasteiger partial charge on any atom is 0.0689 e. The van der Waals surface area contributed by atoms with Gasteiger partial charge in [-0.15, -0.1) is 42.8 Å².